The van der Waals surface area contributed by atoms with Crippen LogP contribution in [-0.4, -0.2) is 24.0 Å². The summed E-state index contributed by atoms with van der Waals surface area (Å²) in [5, 5.41) is 2.76. The minimum Gasteiger partial charge on any atom is -0.334 e. The smallest absolute Gasteiger partial charge is 0.317 e. The lowest BCUT2D eigenvalue weighted by molar-refractivity contribution is 0.186. The molecule has 0 saturated carbocycles. The summed E-state index contributed by atoms with van der Waals surface area (Å²) >= 11 is 3.29. The molecular weight excluding hydrogens is 299 g/mol. The SMILES string of the molecule is O=C(NCc1cc(Br)ccc1F)N1CCCCC1. The number of piperidine rings is 1. The second kappa shape index (κ2) is 6.18. The number of halogens is 2. The molecule has 1 aliphatic rings. The molecule has 98 valence electrons. The average molecular weight is 315 g/mol. The van der Waals surface area contributed by atoms with Crippen molar-refractivity contribution in [1.29, 1.82) is 0 Å². The molecule has 0 spiro atoms. The van der Waals surface area contributed by atoms with E-state index < -0.39 is 0 Å². The predicted octanol–water partition coefficient (Wildman–Crippen LogP) is 3.28. The van der Waals surface area contributed by atoms with Gasteiger partial charge >= 0.3 is 6.03 Å². The summed E-state index contributed by atoms with van der Waals surface area (Å²) < 4.78 is 14.3. The number of amides is 2. The first-order chi connectivity index (χ1) is 8.66. The van der Waals surface area contributed by atoms with Crippen molar-refractivity contribution < 1.29 is 9.18 Å². The molecule has 0 radical (unpaired) electrons. The molecule has 18 heavy (non-hydrogen) atoms. The van der Waals surface area contributed by atoms with Crippen LogP contribution in [0.5, 0.6) is 0 Å². The second-order valence-corrected chi connectivity index (χ2v) is 5.36. The van der Waals surface area contributed by atoms with Crippen molar-refractivity contribution >= 4 is 22.0 Å². The normalized spacial score (nSPS) is 15.6. The lowest BCUT2D eigenvalue weighted by atomic mass is 10.1. The van der Waals surface area contributed by atoms with Gasteiger partial charge in [-0.1, -0.05) is 15.9 Å². The van der Waals surface area contributed by atoms with Crippen LogP contribution in [0.2, 0.25) is 0 Å². The van der Waals surface area contributed by atoms with Crippen LogP contribution in [0.15, 0.2) is 22.7 Å². The number of carbonyl (C=O) groups is 1. The van der Waals surface area contributed by atoms with Gasteiger partial charge in [-0.3, -0.25) is 0 Å². The van der Waals surface area contributed by atoms with Gasteiger partial charge in [0.1, 0.15) is 5.82 Å². The minimum absolute atomic E-state index is 0.103. The molecule has 3 nitrogen and oxygen atoms in total. The first kappa shape index (κ1) is 13.3. The highest BCUT2D eigenvalue weighted by molar-refractivity contribution is 9.10. The van der Waals surface area contributed by atoms with E-state index in [2.05, 4.69) is 21.2 Å². The summed E-state index contributed by atoms with van der Waals surface area (Å²) in [7, 11) is 0. The topological polar surface area (TPSA) is 32.3 Å². The van der Waals surface area contributed by atoms with Crippen molar-refractivity contribution in [3.8, 4) is 0 Å². The Morgan fingerprint density at radius 3 is 2.78 bits per heavy atom. The van der Waals surface area contributed by atoms with E-state index in [1.54, 1.807) is 17.0 Å². The lowest BCUT2D eigenvalue weighted by Crippen LogP contribution is -2.42. The quantitative estimate of drug-likeness (QED) is 0.892. The second-order valence-electron chi connectivity index (χ2n) is 4.44. The fourth-order valence-electron chi connectivity index (χ4n) is 2.06. The molecule has 1 saturated heterocycles. The maximum atomic E-state index is 13.5. The van der Waals surface area contributed by atoms with Crippen LogP contribution in [-0.2, 0) is 6.54 Å². The van der Waals surface area contributed by atoms with Crippen LogP contribution in [0.3, 0.4) is 0 Å². The van der Waals surface area contributed by atoms with Crippen molar-refractivity contribution in [1.82, 2.24) is 10.2 Å². The molecule has 2 rings (SSSR count). The number of urea groups is 1. The predicted molar refractivity (Wildman–Crippen MR) is 71.8 cm³/mol. The Labute approximate surface area is 114 Å². The van der Waals surface area contributed by atoms with E-state index in [1.165, 1.54) is 12.5 Å². The molecule has 1 aromatic carbocycles. The summed E-state index contributed by atoms with van der Waals surface area (Å²) in [4.78, 5) is 13.6. The molecule has 0 unspecified atom stereocenters. The van der Waals surface area contributed by atoms with Crippen LogP contribution in [0, 0.1) is 5.82 Å². The Morgan fingerprint density at radius 2 is 2.06 bits per heavy atom. The van der Waals surface area contributed by atoms with Crippen LogP contribution in [0.25, 0.3) is 0 Å². The standard InChI is InChI=1S/C13H16BrFN2O/c14-11-4-5-12(15)10(8-11)9-16-13(18)17-6-2-1-3-7-17/h4-5,8H,1-3,6-7,9H2,(H,16,18). The Kier molecular flexibility index (Phi) is 4.58. The number of benzene rings is 1. The van der Waals surface area contributed by atoms with Gasteiger partial charge in [0, 0.05) is 29.7 Å². The zero-order chi connectivity index (χ0) is 13.0. The van der Waals surface area contributed by atoms with Gasteiger partial charge in [-0.15, -0.1) is 0 Å². The minimum atomic E-state index is -0.294. The van der Waals surface area contributed by atoms with Crippen LogP contribution < -0.4 is 5.32 Å². The van der Waals surface area contributed by atoms with Crippen LogP contribution in [0.4, 0.5) is 9.18 Å². The number of nitrogens with zero attached hydrogens (tertiary/aromatic N) is 1. The molecule has 0 atom stereocenters. The van der Waals surface area contributed by atoms with Crippen LogP contribution in [0.1, 0.15) is 24.8 Å². The van der Waals surface area contributed by atoms with Gasteiger partial charge in [-0.05, 0) is 37.5 Å². The highest BCUT2D eigenvalue weighted by Gasteiger charge is 2.16. The van der Waals surface area contributed by atoms with Gasteiger partial charge in [0.15, 0.2) is 0 Å². The van der Waals surface area contributed by atoms with Gasteiger partial charge in [0.05, 0.1) is 0 Å². The third-order valence-corrected chi connectivity index (χ3v) is 3.57. The van der Waals surface area contributed by atoms with Crippen LogP contribution >= 0.6 is 15.9 Å². The molecule has 1 heterocycles. The summed E-state index contributed by atoms with van der Waals surface area (Å²) in [6.07, 6.45) is 3.29. The first-order valence-electron chi connectivity index (χ1n) is 6.13. The molecule has 5 heteroatoms. The zero-order valence-corrected chi connectivity index (χ0v) is 11.7. The van der Waals surface area contributed by atoms with Crippen molar-refractivity contribution in [3.63, 3.8) is 0 Å². The molecule has 0 aliphatic carbocycles. The number of hydrogen-bond donors (Lipinski definition) is 1. The maximum absolute atomic E-state index is 13.5. The number of nitrogens with one attached hydrogen (secondary N) is 1. The highest BCUT2D eigenvalue weighted by Crippen LogP contribution is 2.15. The molecular formula is C13H16BrFN2O. The Bertz CT molecular complexity index is 433. The Morgan fingerprint density at radius 1 is 1.33 bits per heavy atom. The number of carbonyl (C=O) groups excluding carboxylic acids is 1. The van der Waals surface area contributed by atoms with E-state index in [0.717, 1.165) is 30.4 Å². The number of likely N-dealkylation sites (tertiary alicyclic amines) is 1. The highest BCUT2D eigenvalue weighted by atomic mass is 79.9. The van der Waals surface area contributed by atoms with E-state index in [-0.39, 0.29) is 18.4 Å². The Balaban J connectivity index is 1.90. The first-order valence-corrected chi connectivity index (χ1v) is 6.93. The largest absolute Gasteiger partial charge is 0.334 e. The summed E-state index contributed by atoms with van der Waals surface area (Å²) in [6, 6.07) is 4.62. The zero-order valence-electron chi connectivity index (χ0n) is 10.1. The fraction of sp³-hybridized carbons (Fsp3) is 0.462. The van der Waals surface area contributed by atoms with E-state index in [1.807, 2.05) is 0 Å². The van der Waals surface area contributed by atoms with E-state index >= 15 is 0 Å². The maximum Gasteiger partial charge on any atom is 0.317 e. The van der Waals surface area contributed by atoms with Crippen molar-refractivity contribution in [2.24, 2.45) is 0 Å². The van der Waals surface area contributed by atoms with Crippen molar-refractivity contribution in [2.75, 3.05) is 13.1 Å². The van der Waals surface area contributed by atoms with E-state index in [0.29, 0.717) is 5.56 Å². The van der Waals surface area contributed by atoms with Gasteiger partial charge < -0.3 is 10.2 Å². The summed E-state index contributed by atoms with van der Waals surface area (Å²) in [6.45, 7) is 1.82. The fourth-order valence-corrected chi connectivity index (χ4v) is 2.47. The third-order valence-electron chi connectivity index (χ3n) is 3.08. The number of hydrogen-bond acceptors (Lipinski definition) is 1. The van der Waals surface area contributed by atoms with Crippen molar-refractivity contribution in [2.45, 2.75) is 25.8 Å². The molecule has 1 aliphatic heterocycles. The average Bonchev–Trinajstić information content (AvgIpc) is 2.40. The number of rotatable bonds is 2. The molecule has 1 fully saturated rings. The van der Waals surface area contributed by atoms with Gasteiger partial charge in [0.2, 0.25) is 0 Å². The van der Waals surface area contributed by atoms with Gasteiger partial charge in [-0.2, -0.15) is 0 Å². The summed E-state index contributed by atoms with van der Waals surface area (Å²) in [5.41, 5.74) is 0.495. The monoisotopic (exact) mass is 314 g/mol. The van der Waals surface area contributed by atoms with Gasteiger partial charge in [-0.25, -0.2) is 9.18 Å². The molecule has 0 aromatic heterocycles. The molecule has 1 N–H and O–H groups in total. The lowest BCUT2D eigenvalue weighted by Gasteiger charge is -2.26. The van der Waals surface area contributed by atoms with Gasteiger partial charge in [0.25, 0.3) is 0 Å². The molecule has 2 amide bonds. The van der Waals surface area contributed by atoms with E-state index in [9.17, 15) is 9.18 Å². The van der Waals surface area contributed by atoms with E-state index in [4.69, 9.17) is 0 Å². The Hall–Kier alpha value is -1.10. The van der Waals surface area contributed by atoms with Crippen molar-refractivity contribution in [3.05, 3.63) is 34.1 Å². The molecule has 0 bridgehead atoms. The third kappa shape index (κ3) is 3.45. The summed E-state index contributed by atoms with van der Waals surface area (Å²) in [5.74, 6) is -0.294. The molecule has 1 aromatic rings.